The molecule has 2 heterocycles. The van der Waals surface area contributed by atoms with Crippen molar-refractivity contribution in [3.63, 3.8) is 0 Å². The zero-order valence-corrected chi connectivity index (χ0v) is 13.4. The SMILES string of the molecule is CC(C)c1ocnc1C(C)(F)F.CC(C)c1ocnc1CF. The van der Waals surface area contributed by atoms with E-state index in [1.54, 1.807) is 13.8 Å². The van der Waals surface area contributed by atoms with Crippen molar-refractivity contribution in [3.8, 4) is 0 Å². The first-order valence-corrected chi connectivity index (χ1v) is 6.98. The predicted octanol–water partition coefficient (Wildman–Crippen LogP) is 5.18. The van der Waals surface area contributed by atoms with E-state index in [2.05, 4.69) is 9.97 Å². The van der Waals surface area contributed by atoms with Gasteiger partial charge in [-0.05, 0) is 0 Å². The van der Waals surface area contributed by atoms with E-state index in [1.165, 1.54) is 6.39 Å². The van der Waals surface area contributed by atoms with Gasteiger partial charge in [0.2, 0.25) is 0 Å². The molecule has 0 aliphatic heterocycles. The van der Waals surface area contributed by atoms with Gasteiger partial charge in [0.15, 0.2) is 18.5 Å². The Labute approximate surface area is 127 Å². The molecule has 0 atom stereocenters. The highest BCUT2D eigenvalue weighted by Crippen LogP contribution is 2.31. The van der Waals surface area contributed by atoms with E-state index in [-0.39, 0.29) is 23.3 Å². The van der Waals surface area contributed by atoms with E-state index in [4.69, 9.17) is 8.83 Å². The second-order valence-electron chi connectivity index (χ2n) is 5.56. The number of hydrogen-bond acceptors (Lipinski definition) is 4. The highest BCUT2D eigenvalue weighted by Gasteiger charge is 2.32. The van der Waals surface area contributed by atoms with Gasteiger partial charge in [-0.25, -0.2) is 14.4 Å². The maximum absolute atomic E-state index is 12.8. The molecule has 2 aromatic heterocycles. The molecular weight excluding hydrogens is 297 g/mol. The first-order valence-electron chi connectivity index (χ1n) is 6.98. The third kappa shape index (κ3) is 4.61. The van der Waals surface area contributed by atoms with Gasteiger partial charge in [-0.15, -0.1) is 0 Å². The summed E-state index contributed by atoms with van der Waals surface area (Å²) >= 11 is 0. The number of oxazole rings is 2. The summed E-state index contributed by atoms with van der Waals surface area (Å²) in [5, 5.41) is 0. The summed E-state index contributed by atoms with van der Waals surface area (Å²) in [7, 11) is 0. The normalized spacial score (nSPS) is 11.7. The van der Waals surface area contributed by atoms with Crippen molar-refractivity contribution < 1.29 is 22.0 Å². The van der Waals surface area contributed by atoms with Crippen LogP contribution in [0.15, 0.2) is 21.6 Å². The number of hydrogen-bond donors (Lipinski definition) is 0. The molecule has 7 heteroatoms. The summed E-state index contributed by atoms with van der Waals surface area (Å²) in [6.45, 7) is 7.74. The smallest absolute Gasteiger partial charge is 0.290 e. The van der Waals surface area contributed by atoms with Gasteiger partial charge in [0, 0.05) is 18.8 Å². The van der Waals surface area contributed by atoms with Crippen LogP contribution < -0.4 is 0 Å². The minimum atomic E-state index is -2.91. The zero-order valence-electron chi connectivity index (χ0n) is 13.4. The number of aromatic nitrogens is 2. The molecule has 0 spiro atoms. The Bertz CT molecular complexity index is 571. The van der Waals surface area contributed by atoms with Crippen molar-refractivity contribution >= 4 is 0 Å². The Kier molecular flexibility index (Phi) is 6.20. The lowest BCUT2D eigenvalue weighted by Gasteiger charge is -2.09. The van der Waals surface area contributed by atoms with E-state index >= 15 is 0 Å². The van der Waals surface area contributed by atoms with Crippen LogP contribution in [-0.2, 0) is 12.6 Å². The van der Waals surface area contributed by atoms with Gasteiger partial charge in [0.25, 0.3) is 5.92 Å². The van der Waals surface area contributed by atoms with Crippen LogP contribution in [-0.4, -0.2) is 9.97 Å². The van der Waals surface area contributed by atoms with Crippen molar-refractivity contribution in [2.24, 2.45) is 0 Å². The second kappa shape index (κ2) is 7.47. The number of halogens is 3. The predicted molar refractivity (Wildman–Crippen MR) is 75.6 cm³/mol. The Balaban J connectivity index is 0.000000224. The standard InChI is InChI=1S/C8H11F2NO.C7H10FNO/c1-5(2)6-7(8(3,9)10)11-4-12-6;1-5(2)7-6(3-8)9-4-10-7/h4-5H,1-3H3;4-5H,3H2,1-2H3. The Hall–Kier alpha value is -1.79. The van der Waals surface area contributed by atoms with Crippen LogP contribution >= 0.6 is 0 Å². The Morgan fingerprint density at radius 2 is 1.50 bits per heavy atom. The lowest BCUT2D eigenvalue weighted by molar-refractivity contribution is 0.0111. The molecule has 0 radical (unpaired) electrons. The molecule has 2 aromatic rings. The lowest BCUT2D eigenvalue weighted by atomic mass is 10.1. The average molecular weight is 318 g/mol. The van der Waals surface area contributed by atoms with Gasteiger partial charge >= 0.3 is 0 Å². The maximum Gasteiger partial charge on any atom is 0.290 e. The summed E-state index contributed by atoms with van der Waals surface area (Å²) in [5.74, 6) is -1.83. The molecule has 0 aliphatic rings. The summed E-state index contributed by atoms with van der Waals surface area (Å²) in [5.41, 5.74) is 0.174. The van der Waals surface area contributed by atoms with E-state index in [0.717, 1.165) is 13.3 Å². The number of nitrogens with zero attached hydrogens (tertiary/aromatic N) is 2. The van der Waals surface area contributed by atoms with Gasteiger partial charge in [0.05, 0.1) is 0 Å². The maximum atomic E-state index is 12.8. The molecule has 0 saturated heterocycles. The Morgan fingerprint density at radius 1 is 1.00 bits per heavy atom. The fourth-order valence-corrected chi connectivity index (χ4v) is 1.84. The van der Waals surface area contributed by atoms with Crippen molar-refractivity contribution in [1.82, 2.24) is 9.97 Å². The molecule has 0 aromatic carbocycles. The summed E-state index contributed by atoms with van der Waals surface area (Å²) in [6.07, 6.45) is 2.34. The van der Waals surface area contributed by atoms with Crippen LogP contribution in [0.4, 0.5) is 13.2 Å². The fourth-order valence-electron chi connectivity index (χ4n) is 1.84. The van der Waals surface area contributed by atoms with Crippen molar-refractivity contribution in [3.05, 3.63) is 35.7 Å². The number of alkyl halides is 3. The third-order valence-corrected chi connectivity index (χ3v) is 2.86. The van der Waals surface area contributed by atoms with Crippen LogP contribution in [0.3, 0.4) is 0 Å². The molecule has 0 unspecified atom stereocenters. The second-order valence-corrected chi connectivity index (χ2v) is 5.56. The molecule has 0 aliphatic carbocycles. The zero-order chi connectivity index (χ0) is 16.9. The highest BCUT2D eigenvalue weighted by atomic mass is 19.3. The summed E-state index contributed by atoms with van der Waals surface area (Å²) in [4.78, 5) is 7.21. The minimum absolute atomic E-state index is 0.0617. The minimum Gasteiger partial charge on any atom is -0.448 e. The lowest BCUT2D eigenvalue weighted by Crippen LogP contribution is -2.10. The summed E-state index contributed by atoms with van der Waals surface area (Å²) < 4.78 is 47.5. The van der Waals surface area contributed by atoms with Gasteiger partial charge < -0.3 is 8.83 Å². The molecule has 2 rings (SSSR count). The molecule has 0 amide bonds. The largest absolute Gasteiger partial charge is 0.448 e. The van der Waals surface area contributed by atoms with Gasteiger partial charge in [-0.3, -0.25) is 0 Å². The van der Waals surface area contributed by atoms with E-state index in [0.29, 0.717) is 11.5 Å². The molecule has 0 saturated carbocycles. The highest BCUT2D eigenvalue weighted by molar-refractivity contribution is 5.15. The van der Waals surface area contributed by atoms with E-state index in [1.807, 2.05) is 13.8 Å². The van der Waals surface area contributed by atoms with Gasteiger partial charge in [0.1, 0.15) is 23.9 Å². The van der Waals surface area contributed by atoms with Crippen LogP contribution in [0.5, 0.6) is 0 Å². The summed E-state index contributed by atoms with van der Waals surface area (Å²) in [6, 6.07) is 0. The van der Waals surface area contributed by atoms with Crippen LogP contribution in [0.1, 0.15) is 69.4 Å². The van der Waals surface area contributed by atoms with Crippen LogP contribution in [0.25, 0.3) is 0 Å². The molecule has 124 valence electrons. The fraction of sp³-hybridized carbons (Fsp3) is 0.600. The number of rotatable bonds is 4. The monoisotopic (exact) mass is 318 g/mol. The average Bonchev–Trinajstić information content (AvgIpc) is 3.07. The first-order chi connectivity index (χ1) is 10.2. The molecular formula is C15H21F3N2O2. The van der Waals surface area contributed by atoms with Gasteiger partial charge in [-0.2, -0.15) is 8.78 Å². The molecule has 0 fully saturated rings. The van der Waals surface area contributed by atoms with Gasteiger partial charge in [-0.1, -0.05) is 27.7 Å². The van der Waals surface area contributed by atoms with Crippen molar-refractivity contribution in [2.75, 3.05) is 0 Å². The third-order valence-electron chi connectivity index (χ3n) is 2.86. The van der Waals surface area contributed by atoms with Crippen molar-refractivity contribution in [1.29, 1.82) is 0 Å². The first kappa shape index (κ1) is 18.3. The van der Waals surface area contributed by atoms with Crippen LogP contribution in [0, 0.1) is 0 Å². The Morgan fingerprint density at radius 3 is 1.86 bits per heavy atom. The van der Waals surface area contributed by atoms with Crippen molar-refractivity contribution in [2.45, 2.75) is 59.1 Å². The molecule has 4 nitrogen and oxygen atoms in total. The van der Waals surface area contributed by atoms with Crippen LogP contribution in [0.2, 0.25) is 0 Å². The quantitative estimate of drug-likeness (QED) is 0.779. The van der Waals surface area contributed by atoms with E-state index in [9.17, 15) is 13.2 Å². The topological polar surface area (TPSA) is 52.1 Å². The van der Waals surface area contributed by atoms with E-state index < -0.39 is 12.6 Å². The molecule has 22 heavy (non-hydrogen) atoms. The molecule has 0 bridgehead atoms. The molecule has 0 N–H and O–H groups in total.